The van der Waals surface area contributed by atoms with Crippen LogP contribution in [0.5, 0.6) is 0 Å². The first-order chi connectivity index (χ1) is 11.5. The molecule has 3 aliphatic rings. The molecule has 0 radical (unpaired) electrons. The monoisotopic (exact) mass is 344 g/mol. The number of amides is 2. The molecule has 3 atom stereocenters. The van der Waals surface area contributed by atoms with Gasteiger partial charge in [-0.15, -0.1) is 0 Å². The lowest BCUT2D eigenvalue weighted by molar-refractivity contribution is -0.114. The van der Waals surface area contributed by atoms with Crippen LogP contribution in [0.1, 0.15) is 36.5 Å². The molecule has 2 fully saturated rings. The third kappa shape index (κ3) is 2.53. The zero-order valence-corrected chi connectivity index (χ0v) is 14.4. The van der Waals surface area contributed by atoms with Gasteiger partial charge in [-0.2, -0.15) is 0 Å². The van der Waals surface area contributed by atoms with Gasteiger partial charge in [-0.3, -0.25) is 9.59 Å². The highest BCUT2D eigenvalue weighted by atomic mass is 35.5. The molecule has 3 aliphatic carbocycles. The summed E-state index contributed by atoms with van der Waals surface area (Å²) in [6.45, 7) is 2.12. The summed E-state index contributed by atoms with van der Waals surface area (Å²) in [6.07, 6.45) is 8.60. The third-order valence-electron chi connectivity index (χ3n) is 5.90. The Kier molecular flexibility index (Phi) is 3.68. The summed E-state index contributed by atoms with van der Waals surface area (Å²) in [4.78, 5) is 23.7. The average molecular weight is 345 g/mol. The smallest absolute Gasteiger partial charge is 0.252 e. The van der Waals surface area contributed by atoms with Crippen molar-refractivity contribution in [3.05, 3.63) is 40.9 Å². The van der Waals surface area contributed by atoms with Gasteiger partial charge < -0.3 is 10.6 Å². The average Bonchev–Trinajstić information content (AvgIpc) is 3.21. The first-order valence-electron chi connectivity index (χ1n) is 8.53. The van der Waals surface area contributed by atoms with Crippen LogP contribution >= 0.6 is 11.6 Å². The summed E-state index contributed by atoms with van der Waals surface area (Å²) >= 11 is 6.16. The molecule has 1 aromatic carbocycles. The van der Waals surface area contributed by atoms with E-state index in [0.29, 0.717) is 40.1 Å². The van der Waals surface area contributed by atoms with Gasteiger partial charge in [0.15, 0.2) is 0 Å². The van der Waals surface area contributed by atoms with E-state index in [1.54, 1.807) is 18.2 Å². The highest BCUT2D eigenvalue weighted by Crippen LogP contribution is 2.69. The maximum atomic E-state index is 12.5. The Morgan fingerprint density at radius 2 is 2.08 bits per heavy atom. The van der Waals surface area contributed by atoms with Crippen molar-refractivity contribution in [2.75, 3.05) is 11.9 Å². The molecule has 2 bridgehead atoms. The zero-order chi connectivity index (χ0) is 16.9. The summed E-state index contributed by atoms with van der Waals surface area (Å²) in [5, 5.41) is 6.12. The minimum atomic E-state index is -0.177. The van der Waals surface area contributed by atoms with Gasteiger partial charge in [0.25, 0.3) is 5.91 Å². The summed E-state index contributed by atoms with van der Waals surface area (Å²) in [6, 6.07) is 4.96. The molecule has 0 unspecified atom stereocenters. The lowest BCUT2D eigenvalue weighted by Crippen LogP contribution is -2.31. The lowest BCUT2D eigenvalue weighted by atomic mass is 9.89. The molecular formula is C19H21ClN2O2. The normalized spacial score (nSPS) is 28.2. The molecule has 1 aromatic rings. The van der Waals surface area contributed by atoms with Crippen molar-refractivity contribution in [3.8, 4) is 0 Å². The predicted octanol–water partition coefficient (Wildman–Crippen LogP) is 3.63. The molecule has 4 nitrogen and oxygen atoms in total. The molecule has 0 saturated heterocycles. The molecule has 5 heteroatoms. The largest absolute Gasteiger partial charge is 0.352 e. The van der Waals surface area contributed by atoms with E-state index >= 15 is 0 Å². The van der Waals surface area contributed by atoms with Gasteiger partial charge >= 0.3 is 0 Å². The quantitative estimate of drug-likeness (QED) is 0.819. The standard InChI is InChI=1S/C19H21ClN2O2/c1-11(23)22-14-3-5-17(20)15(9-14)18(24)21-10-12-8-13-2-4-16(12)19(13)6-7-19/h2-5,9,12-13,16H,6-8,10H2,1H3,(H,21,24)(H,22,23)/t12-,13-,16-/m0/s1. The van der Waals surface area contributed by atoms with Crippen molar-refractivity contribution in [1.29, 1.82) is 0 Å². The van der Waals surface area contributed by atoms with Crippen LogP contribution in [0, 0.1) is 23.2 Å². The molecule has 24 heavy (non-hydrogen) atoms. The number of rotatable bonds is 4. The fourth-order valence-electron chi connectivity index (χ4n) is 4.65. The number of halogens is 1. The Labute approximate surface area is 146 Å². The van der Waals surface area contributed by atoms with Crippen molar-refractivity contribution in [3.63, 3.8) is 0 Å². The molecule has 126 valence electrons. The lowest BCUT2D eigenvalue weighted by Gasteiger charge is -2.20. The molecule has 2 N–H and O–H groups in total. The number of hydrogen-bond donors (Lipinski definition) is 2. The summed E-state index contributed by atoms with van der Waals surface area (Å²) in [7, 11) is 0. The van der Waals surface area contributed by atoms with Gasteiger partial charge in [0.1, 0.15) is 0 Å². The van der Waals surface area contributed by atoms with E-state index in [0.717, 1.165) is 5.92 Å². The second-order valence-corrected chi connectivity index (χ2v) is 7.74. The van der Waals surface area contributed by atoms with E-state index in [-0.39, 0.29) is 11.8 Å². The molecule has 2 amide bonds. The van der Waals surface area contributed by atoms with Crippen molar-refractivity contribution in [2.45, 2.75) is 26.2 Å². The Bertz CT molecular complexity index is 739. The summed E-state index contributed by atoms with van der Waals surface area (Å²) in [5.41, 5.74) is 1.53. The van der Waals surface area contributed by atoms with Gasteiger partial charge in [0, 0.05) is 19.2 Å². The minimum absolute atomic E-state index is 0.174. The zero-order valence-electron chi connectivity index (χ0n) is 13.6. The molecule has 0 aromatic heterocycles. The molecule has 1 spiro atoms. The highest BCUT2D eigenvalue weighted by Gasteiger charge is 2.62. The van der Waals surface area contributed by atoms with E-state index < -0.39 is 0 Å². The minimum Gasteiger partial charge on any atom is -0.352 e. The van der Waals surface area contributed by atoms with Gasteiger partial charge in [-0.25, -0.2) is 0 Å². The molecule has 0 aliphatic heterocycles. The van der Waals surface area contributed by atoms with Crippen molar-refractivity contribution < 1.29 is 9.59 Å². The predicted molar refractivity (Wildman–Crippen MR) is 94.0 cm³/mol. The van der Waals surface area contributed by atoms with Crippen LogP contribution in [0.25, 0.3) is 0 Å². The van der Waals surface area contributed by atoms with Crippen LogP contribution in [0.3, 0.4) is 0 Å². The van der Waals surface area contributed by atoms with E-state index in [2.05, 4.69) is 22.8 Å². The number of carbonyl (C=O) groups excluding carboxylic acids is 2. The van der Waals surface area contributed by atoms with E-state index in [4.69, 9.17) is 11.6 Å². The number of carbonyl (C=O) groups is 2. The van der Waals surface area contributed by atoms with Crippen LogP contribution in [0.2, 0.25) is 5.02 Å². The van der Waals surface area contributed by atoms with Crippen LogP contribution in [0.4, 0.5) is 5.69 Å². The highest BCUT2D eigenvalue weighted by molar-refractivity contribution is 6.34. The Morgan fingerprint density at radius 1 is 1.29 bits per heavy atom. The van der Waals surface area contributed by atoms with Crippen LogP contribution < -0.4 is 10.6 Å². The summed E-state index contributed by atoms with van der Waals surface area (Å²) in [5.74, 6) is 1.53. The first kappa shape index (κ1) is 15.7. The van der Waals surface area contributed by atoms with Crippen LogP contribution in [0.15, 0.2) is 30.4 Å². The molecule has 4 rings (SSSR count). The molecule has 0 heterocycles. The fraction of sp³-hybridized carbons (Fsp3) is 0.474. The third-order valence-corrected chi connectivity index (χ3v) is 6.23. The second kappa shape index (κ2) is 5.62. The van der Waals surface area contributed by atoms with Crippen LogP contribution in [-0.4, -0.2) is 18.4 Å². The number of benzene rings is 1. The summed E-state index contributed by atoms with van der Waals surface area (Å²) < 4.78 is 0. The van der Waals surface area contributed by atoms with Crippen molar-refractivity contribution in [1.82, 2.24) is 5.32 Å². The maximum Gasteiger partial charge on any atom is 0.252 e. The number of anilines is 1. The second-order valence-electron chi connectivity index (χ2n) is 7.33. The Morgan fingerprint density at radius 3 is 2.75 bits per heavy atom. The number of nitrogens with one attached hydrogen (secondary N) is 2. The van der Waals surface area contributed by atoms with Gasteiger partial charge in [-0.1, -0.05) is 23.8 Å². The van der Waals surface area contributed by atoms with E-state index in [1.165, 1.54) is 26.2 Å². The number of hydrogen-bond acceptors (Lipinski definition) is 2. The van der Waals surface area contributed by atoms with Gasteiger partial charge in [-0.05, 0) is 60.6 Å². The Balaban J connectivity index is 1.42. The topological polar surface area (TPSA) is 58.2 Å². The van der Waals surface area contributed by atoms with E-state index in [9.17, 15) is 9.59 Å². The van der Waals surface area contributed by atoms with Crippen molar-refractivity contribution in [2.24, 2.45) is 23.2 Å². The van der Waals surface area contributed by atoms with Crippen LogP contribution in [-0.2, 0) is 4.79 Å². The SMILES string of the molecule is CC(=O)Nc1ccc(Cl)c(C(=O)NC[C@@H]2C[C@@H]3C=C[C@@H]2C32CC2)c1. The fourth-order valence-corrected chi connectivity index (χ4v) is 4.86. The Hall–Kier alpha value is -1.81. The molecule has 2 saturated carbocycles. The van der Waals surface area contributed by atoms with Crippen molar-refractivity contribution >= 4 is 29.1 Å². The van der Waals surface area contributed by atoms with E-state index in [1.807, 2.05) is 0 Å². The van der Waals surface area contributed by atoms with Gasteiger partial charge in [0.05, 0.1) is 10.6 Å². The first-order valence-corrected chi connectivity index (χ1v) is 8.91. The molecular weight excluding hydrogens is 324 g/mol. The maximum absolute atomic E-state index is 12.5. The number of allylic oxidation sites excluding steroid dienone is 2. The van der Waals surface area contributed by atoms with Gasteiger partial charge in [0.2, 0.25) is 5.91 Å².